The molecule has 0 unspecified atom stereocenters. The molecule has 0 spiro atoms. The van der Waals surface area contributed by atoms with Crippen LogP contribution in [0.4, 0.5) is 4.39 Å². The molecule has 0 amide bonds. The molecule has 0 saturated heterocycles. The molecule has 0 heterocycles. The number of aryl methyl sites for hydroxylation is 3. The van der Waals surface area contributed by atoms with Crippen molar-refractivity contribution in [3.05, 3.63) is 74.1 Å². The van der Waals surface area contributed by atoms with Crippen LogP contribution in [0.25, 0.3) is 5.57 Å². The zero-order valence-corrected chi connectivity index (χ0v) is 13.5. The third-order valence-electron chi connectivity index (χ3n) is 3.21. The van der Waals surface area contributed by atoms with Gasteiger partial charge < -0.3 is 0 Å². The van der Waals surface area contributed by atoms with Crippen molar-refractivity contribution >= 4 is 28.2 Å². The Hall–Kier alpha value is -1.16. The van der Waals surface area contributed by atoms with Crippen LogP contribution >= 0.6 is 22.6 Å². The highest BCUT2D eigenvalue weighted by atomic mass is 127. The molecule has 0 aliphatic carbocycles. The second-order valence-corrected chi connectivity index (χ2v) is 5.43. The summed E-state index contributed by atoms with van der Waals surface area (Å²) in [6, 6.07) is 11.1. The maximum Gasteiger partial charge on any atom is 0.123 e. The van der Waals surface area contributed by atoms with Crippen molar-refractivity contribution in [1.82, 2.24) is 0 Å². The van der Waals surface area contributed by atoms with Crippen molar-refractivity contribution < 1.29 is 4.39 Å². The Morgan fingerprint density at radius 1 is 1.00 bits per heavy atom. The van der Waals surface area contributed by atoms with Gasteiger partial charge in [-0.3, -0.25) is 0 Å². The molecule has 0 bridgehead atoms. The quantitative estimate of drug-likeness (QED) is 0.609. The zero-order valence-electron chi connectivity index (χ0n) is 11.3. The first-order chi connectivity index (χ1) is 9.02. The fourth-order valence-corrected chi connectivity index (χ4v) is 3.17. The monoisotopic (exact) mass is 366 g/mol. The van der Waals surface area contributed by atoms with E-state index in [2.05, 4.69) is 59.6 Å². The van der Waals surface area contributed by atoms with Gasteiger partial charge in [-0.2, -0.15) is 0 Å². The lowest BCUT2D eigenvalue weighted by molar-refractivity contribution is 0.627. The number of hydrogen-bond acceptors (Lipinski definition) is 0. The first-order valence-electron chi connectivity index (χ1n) is 6.17. The van der Waals surface area contributed by atoms with E-state index < -0.39 is 0 Å². The molecule has 2 aromatic rings. The minimum Gasteiger partial charge on any atom is -0.207 e. The molecule has 98 valence electrons. The molecule has 0 N–H and O–H groups in total. The van der Waals surface area contributed by atoms with Crippen LogP contribution in [0.5, 0.6) is 0 Å². The lowest BCUT2D eigenvalue weighted by Gasteiger charge is -2.15. The summed E-state index contributed by atoms with van der Waals surface area (Å²) in [7, 11) is 0. The minimum atomic E-state index is -0.200. The Kier molecular flexibility index (Phi) is 4.40. The van der Waals surface area contributed by atoms with E-state index in [9.17, 15) is 4.39 Å². The van der Waals surface area contributed by atoms with Crippen LogP contribution in [0.15, 0.2) is 40.5 Å². The van der Waals surface area contributed by atoms with Crippen molar-refractivity contribution in [3.8, 4) is 0 Å². The van der Waals surface area contributed by atoms with Crippen LogP contribution in [0.3, 0.4) is 0 Å². The molecule has 0 aliphatic heterocycles. The fraction of sp³-hybridized carbons (Fsp3) is 0.176. The highest BCUT2D eigenvalue weighted by Gasteiger charge is 2.11. The molecule has 0 aromatic heterocycles. The van der Waals surface area contributed by atoms with Crippen LogP contribution < -0.4 is 0 Å². The lowest BCUT2D eigenvalue weighted by atomic mass is 9.91. The lowest BCUT2D eigenvalue weighted by Crippen LogP contribution is -1.96. The highest BCUT2D eigenvalue weighted by molar-refractivity contribution is 14.1. The van der Waals surface area contributed by atoms with Crippen LogP contribution in [-0.2, 0) is 0 Å². The maximum atomic E-state index is 13.0. The predicted octanol–water partition coefficient (Wildman–Crippen LogP) is 5.58. The summed E-state index contributed by atoms with van der Waals surface area (Å²) >= 11 is 2.25. The molecule has 0 aliphatic rings. The van der Waals surface area contributed by atoms with Crippen molar-refractivity contribution in [3.63, 3.8) is 0 Å². The Morgan fingerprint density at radius 3 is 2.00 bits per heavy atom. The smallest absolute Gasteiger partial charge is 0.123 e. The van der Waals surface area contributed by atoms with Gasteiger partial charge in [0.1, 0.15) is 5.82 Å². The Labute approximate surface area is 127 Å². The maximum absolute atomic E-state index is 13.0. The first-order valence-corrected chi connectivity index (χ1v) is 7.42. The van der Waals surface area contributed by atoms with Gasteiger partial charge in [-0.05, 0) is 64.8 Å². The van der Waals surface area contributed by atoms with Gasteiger partial charge in [0.15, 0.2) is 0 Å². The van der Waals surface area contributed by atoms with Crippen LogP contribution in [-0.4, -0.2) is 0 Å². The summed E-state index contributed by atoms with van der Waals surface area (Å²) in [4.78, 5) is 0. The molecule has 0 saturated carbocycles. The summed E-state index contributed by atoms with van der Waals surface area (Å²) in [5, 5.41) is 0. The summed E-state index contributed by atoms with van der Waals surface area (Å²) in [6.45, 7) is 6.35. The van der Waals surface area contributed by atoms with Gasteiger partial charge in [0, 0.05) is 0 Å². The van der Waals surface area contributed by atoms with E-state index in [0.717, 1.165) is 11.1 Å². The second kappa shape index (κ2) is 5.87. The molecule has 0 fully saturated rings. The third-order valence-corrected chi connectivity index (χ3v) is 3.83. The normalized spacial score (nSPS) is 11.7. The Morgan fingerprint density at radius 2 is 1.53 bits per heavy atom. The third kappa shape index (κ3) is 3.06. The molecule has 0 nitrogen and oxygen atoms in total. The van der Waals surface area contributed by atoms with Gasteiger partial charge in [-0.25, -0.2) is 4.39 Å². The summed E-state index contributed by atoms with van der Waals surface area (Å²) in [5.41, 5.74) is 7.22. The van der Waals surface area contributed by atoms with E-state index >= 15 is 0 Å². The van der Waals surface area contributed by atoms with Gasteiger partial charge >= 0.3 is 0 Å². The minimum absolute atomic E-state index is 0.200. The number of rotatable bonds is 2. The van der Waals surface area contributed by atoms with Gasteiger partial charge in [0.05, 0.1) is 0 Å². The van der Waals surface area contributed by atoms with Gasteiger partial charge in [-0.1, -0.05) is 52.4 Å². The summed E-state index contributed by atoms with van der Waals surface area (Å²) in [6.07, 6.45) is 0. The molecular formula is C17H16FI. The zero-order chi connectivity index (χ0) is 14.0. The summed E-state index contributed by atoms with van der Waals surface area (Å²) < 4.78 is 15.1. The average Bonchev–Trinajstić information content (AvgIpc) is 2.35. The summed E-state index contributed by atoms with van der Waals surface area (Å²) in [5.74, 6) is -0.200. The molecule has 19 heavy (non-hydrogen) atoms. The van der Waals surface area contributed by atoms with Gasteiger partial charge in [0.25, 0.3) is 0 Å². The SMILES string of the molecule is Cc1cc(C)c(/C(=C/I)c2ccc(F)cc2)c(C)c1. The van der Waals surface area contributed by atoms with Crippen LogP contribution in [0.2, 0.25) is 0 Å². The standard InChI is InChI=1S/C17H16FI/c1-11-8-12(2)17(13(3)9-11)16(10-19)14-4-6-15(18)7-5-14/h4-10H,1-3H3/b16-10+. The van der Waals surface area contributed by atoms with Gasteiger partial charge in [0.2, 0.25) is 0 Å². The molecule has 0 radical (unpaired) electrons. The van der Waals surface area contributed by atoms with Crippen molar-refractivity contribution in [2.45, 2.75) is 20.8 Å². The molecule has 0 atom stereocenters. The average molecular weight is 366 g/mol. The Balaban J connectivity index is 2.58. The molecular weight excluding hydrogens is 350 g/mol. The fourth-order valence-electron chi connectivity index (χ4n) is 2.50. The van der Waals surface area contributed by atoms with Crippen molar-refractivity contribution in [1.29, 1.82) is 0 Å². The Bertz CT molecular complexity index is 601. The van der Waals surface area contributed by atoms with Crippen molar-refractivity contribution in [2.75, 3.05) is 0 Å². The van der Waals surface area contributed by atoms with Gasteiger partial charge in [-0.15, -0.1) is 0 Å². The second-order valence-electron chi connectivity index (χ2n) is 4.80. The largest absolute Gasteiger partial charge is 0.207 e. The first kappa shape index (κ1) is 14.3. The van der Waals surface area contributed by atoms with Crippen LogP contribution in [0, 0.1) is 26.6 Å². The van der Waals surface area contributed by atoms with E-state index in [1.165, 1.54) is 34.4 Å². The van der Waals surface area contributed by atoms with E-state index in [0.29, 0.717) is 0 Å². The van der Waals surface area contributed by atoms with E-state index in [1.54, 1.807) is 0 Å². The van der Waals surface area contributed by atoms with E-state index in [1.807, 2.05) is 12.1 Å². The topological polar surface area (TPSA) is 0 Å². The number of hydrogen-bond donors (Lipinski definition) is 0. The van der Waals surface area contributed by atoms with E-state index in [4.69, 9.17) is 0 Å². The molecule has 2 heteroatoms. The van der Waals surface area contributed by atoms with E-state index in [-0.39, 0.29) is 5.82 Å². The van der Waals surface area contributed by atoms with Crippen LogP contribution in [0.1, 0.15) is 27.8 Å². The van der Waals surface area contributed by atoms with Crippen molar-refractivity contribution in [2.24, 2.45) is 0 Å². The predicted molar refractivity (Wildman–Crippen MR) is 88.2 cm³/mol. The molecule has 2 rings (SSSR count). The molecule has 2 aromatic carbocycles. The highest BCUT2D eigenvalue weighted by Crippen LogP contribution is 2.31. The number of halogens is 2. The number of benzene rings is 2.